The topological polar surface area (TPSA) is 79.4 Å². The fourth-order valence-electron chi connectivity index (χ4n) is 5.86. The Hall–Kier alpha value is -3.59. The van der Waals surface area contributed by atoms with Crippen molar-refractivity contribution in [1.82, 2.24) is 9.71 Å². The maximum Gasteiger partial charge on any atom is 0.241 e. The van der Waals surface area contributed by atoms with Gasteiger partial charge in [0.15, 0.2) is 0 Å². The third kappa shape index (κ3) is 5.98. The summed E-state index contributed by atoms with van der Waals surface area (Å²) < 4.78 is 43.1. The van der Waals surface area contributed by atoms with Gasteiger partial charge in [-0.1, -0.05) is 54.1 Å². The lowest BCUT2D eigenvalue weighted by molar-refractivity contribution is -0.120. The Morgan fingerprint density at radius 1 is 1.05 bits per heavy atom. The molecule has 4 aromatic rings. The van der Waals surface area contributed by atoms with Crippen molar-refractivity contribution in [2.75, 3.05) is 4.90 Å². The number of hydrogen-bond donors (Lipinski definition) is 1. The molecule has 9 heteroatoms. The lowest BCUT2D eigenvalue weighted by atomic mass is 9.87. The molecule has 216 valence electrons. The molecule has 1 aromatic heterocycles. The van der Waals surface area contributed by atoms with Crippen LogP contribution in [-0.2, 0) is 27.8 Å². The molecule has 0 bridgehead atoms. The van der Waals surface area contributed by atoms with Crippen LogP contribution >= 0.6 is 11.6 Å². The number of amides is 1. The van der Waals surface area contributed by atoms with Crippen LogP contribution in [0.25, 0.3) is 0 Å². The van der Waals surface area contributed by atoms with Gasteiger partial charge in [0.2, 0.25) is 15.9 Å². The van der Waals surface area contributed by atoms with Gasteiger partial charge in [-0.15, -0.1) is 0 Å². The standard InChI is InChI=1S/C33H31ClFN3O3S/c1-21-7-5-11-24(36-21)20-38(33(39)29-19-27(29)22-8-3-2-4-9-22)25-14-13-23-10-6-12-32(28(23)17-25)37-42(40,41)26-15-16-31(35)30(34)18-26/h2-5,7-9,11,13-18,27,29,32,37H,6,10,12,19-20H2,1H3/t27-,29-,32+/m1/s1. The number of pyridine rings is 1. The van der Waals surface area contributed by atoms with Crippen LogP contribution in [0.1, 0.15) is 59.3 Å². The first-order chi connectivity index (χ1) is 20.2. The third-order valence-corrected chi connectivity index (χ3v) is 9.88. The number of fused-ring (bicyclic) bond motifs is 1. The Labute approximate surface area is 250 Å². The van der Waals surface area contributed by atoms with Gasteiger partial charge in [-0.2, -0.15) is 0 Å². The molecule has 1 heterocycles. The lowest BCUT2D eigenvalue weighted by Gasteiger charge is -2.29. The van der Waals surface area contributed by atoms with Crippen molar-refractivity contribution in [3.8, 4) is 0 Å². The van der Waals surface area contributed by atoms with Crippen molar-refractivity contribution >= 4 is 33.2 Å². The molecule has 0 unspecified atom stereocenters. The highest BCUT2D eigenvalue weighted by Gasteiger charge is 2.46. The van der Waals surface area contributed by atoms with E-state index in [4.69, 9.17) is 11.6 Å². The summed E-state index contributed by atoms with van der Waals surface area (Å²) in [5, 5.41) is -0.253. The van der Waals surface area contributed by atoms with Crippen LogP contribution in [0.15, 0.2) is 89.8 Å². The highest BCUT2D eigenvalue weighted by Crippen LogP contribution is 2.49. The number of benzene rings is 3. The Bertz CT molecular complexity index is 1750. The molecule has 3 aromatic carbocycles. The average molecular weight is 604 g/mol. The summed E-state index contributed by atoms with van der Waals surface area (Å²) in [6.07, 6.45) is 2.99. The van der Waals surface area contributed by atoms with Gasteiger partial charge in [0.05, 0.1) is 22.2 Å². The summed E-state index contributed by atoms with van der Waals surface area (Å²) in [5.41, 5.74) is 5.38. The van der Waals surface area contributed by atoms with Crippen molar-refractivity contribution in [3.63, 3.8) is 0 Å². The van der Waals surface area contributed by atoms with Crippen LogP contribution in [0.3, 0.4) is 0 Å². The minimum absolute atomic E-state index is 0.0287. The number of aromatic nitrogens is 1. The minimum Gasteiger partial charge on any atom is -0.306 e. The quantitative estimate of drug-likeness (QED) is 0.238. The van der Waals surface area contributed by atoms with Crippen LogP contribution in [-0.4, -0.2) is 19.3 Å². The maximum absolute atomic E-state index is 14.0. The second-order valence-corrected chi connectivity index (χ2v) is 13.2. The van der Waals surface area contributed by atoms with Crippen LogP contribution in [0.2, 0.25) is 5.02 Å². The molecule has 0 saturated heterocycles. The van der Waals surface area contributed by atoms with E-state index in [1.54, 1.807) is 4.90 Å². The lowest BCUT2D eigenvalue weighted by Crippen LogP contribution is -2.34. The van der Waals surface area contributed by atoms with Crippen molar-refractivity contribution in [2.45, 2.75) is 56.0 Å². The fraction of sp³-hybridized carbons (Fsp3) is 0.273. The zero-order valence-electron chi connectivity index (χ0n) is 23.1. The molecule has 0 spiro atoms. The molecule has 1 amide bonds. The monoisotopic (exact) mass is 603 g/mol. The van der Waals surface area contributed by atoms with Gasteiger partial charge >= 0.3 is 0 Å². The first kappa shape index (κ1) is 28.5. The molecule has 42 heavy (non-hydrogen) atoms. The first-order valence-corrected chi connectivity index (χ1v) is 15.9. The molecule has 1 fully saturated rings. The number of nitrogens with zero attached hydrogens (tertiary/aromatic N) is 2. The zero-order chi connectivity index (χ0) is 29.4. The fourth-order valence-corrected chi connectivity index (χ4v) is 7.38. The van der Waals surface area contributed by atoms with Gasteiger partial charge in [-0.25, -0.2) is 17.5 Å². The van der Waals surface area contributed by atoms with E-state index in [1.807, 2.05) is 61.5 Å². The van der Waals surface area contributed by atoms with Crippen LogP contribution < -0.4 is 9.62 Å². The van der Waals surface area contributed by atoms with Crippen LogP contribution in [0, 0.1) is 18.7 Å². The third-order valence-electron chi connectivity index (χ3n) is 8.12. The number of halogens is 2. The smallest absolute Gasteiger partial charge is 0.241 e. The van der Waals surface area contributed by atoms with E-state index in [0.29, 0.717) is 18.7 Å². The first-order valence-electron chi connectivity index (χ1n) is 14.1. The molecule has 6 nitrogen and oxygen atoms in total. The number of sulfonamides is 1. The summed E-state index contributed by atoms with van der Waals surface area (Å²) in [6, 6.07) is 24.6. The van der Waals surface area contributed by atoms with E-state index in [9.17, 15) is 17.6 Å². The normalized spacial score (nSPS) is 19.6. The average Bonchev–Trinajstić information content (AvgIpc) is 3.79. The second kappa shape index (κ2) is 11.6. The number of carbonyl (C=O) groups is 1. The predicted octanol–water partition coefficient (Wildman–Crippen LogP) is 6.88. The summed E-state index contributed by atoms with van der Waals surface area (Å²) in [5.74, 6) is -0.612. The van der Waals surface area contributed by atoms with Gasteiger partial charge in [0, 0.05) is 23.3 Å². The molecule has 3 atom stereocenters. The van der Waals surface area contributed by atoms with E-state index in [0.717, 1.165) is 59.5 Å². The summed E-state index contributed by atoms with van der Waals surface area (Å²) in [4.78, 5) is 20.4. The number of nitrogens with one attached hydrogen (secondary N) is 1. The Balaban J connectivity index is 1.32. The van der Waals surface area contributed by atoms with Gasteiger partial charge < -0.3 is 4.90 Å². The Morgan fingerprint density at radius 2 is 1.86 bits per heavy atom. The largest absolute Gasteiger partial charge is 0.306 e. The summed E-state index contributed by atoms with van der Waals surface area (Å²) in [7, 11) is -3.98. The molecule has 6 rings (SSSR count). The van der Waals surface area contributed by atoms with Crippen LogP contribution in [0.4, 0.5) is 10.1 Å². The summed E-state index contributed by atoms with van der Waals surface area (Å²) in [6.45, 7) is 2.23. The second-order valence-electron chi connectivity index (χ2n) is 11.1. The molecule has 2 aliphatic rings. The maximum atomic E-state index is 14.0. The van der Waals surface area contributed by atoms with Gasteiger partial charge in [0.25, 0.3) is 0 Å². The number of rotatable bonds is 8. The molecule has 0 radical (unpaired) electrons. The molecular weight excluding hydrogens is 573 g/mol. The van der Waals surface area contributed by atoms with Crippen molar-refractivity contribution in [3.05, 3.63) is 124 Å². The van der Waals surface area contributed by atoms with Gasteiger partial charge in [-0.05, 0) is 97.7 Å². The van der Waals surface area contributed by atoms with Crippen molar-refractivity contribution < 1.29 is 17.6 Å². The van der Waals surface area contributed by atoms with Gasteiger partial charge in [0.1, 0.15) is 5.82 Å². The number of anilines is 1. The van der Waals surface area contributed by atoms with Crippen LogP contribution in [0.5, 0.6) is 0 Å². The molecule has 0 aliphatic heterocycles. The van der Waals surface area contributed by atoms with Crippen molar-refractivity contribution in [2.24, 2.45) is 5.92 Å². The van der Waals surface area contributed by atoms with E-state index in [2.05, 4.69) is 21.8 Å². The Kier molecular flexibility index (Phi) is 7.87. The van der Waals surface area contributed by atoms with Crippen molar-refractivity contribution in [1.29, 1.82) is 0 Å². The van der Waals surface area contributed by atoms with Gasteiger partial charge in [-0.3, -0.25) is 9.78 Å². The molecule has 2 aliphatic carbocycles. The minimum atomic E-state index is -3.98. The van der Waals surface area contributed by atoms with E-state index < -0.39 is 21.9 Å². The summed E-state index contributed by atoms with van der Waals surface area (Å²) >= 11 is 5.88. The highest BCUT2D eigenvalue weighted by molar-refractivity contribution is 7.89. The number of carbonyl (C=O) groups excluding carboxylic acids is 1. The Morgan fingerprint density at radius 3 is 2.62 bits per heavy atom. The molecule has 1 N–H and O–H groups in total. The predicted molar refractivity (Wildman–Crippen MR) is 161 cm³/mol. The SMILES string of the molecule is Cc1cccc(CN(C(=O)[C@@H]2C[C@@H]2c2ccccc2)c2ccc3c(c2)[C@@H](NS(=O)(=O)c2ccc(F)c(Cl)c2)CCC3)n1. The zero-order valence-corrected chi connectivity index (χ0v) is 24.7. The van der Waals surface area contributed by atoms with E-state index in [-0.39, 0.29) is 27.7 Å². The number of hydrogen-bond acceptors (Lipinski definition) is 4. The highest BCUT2D eigenvalue weighted by atomic mass is 35.5. The molecular formula is C33H31ClFN3O3S. The molecule has 1 saturated carbocycles. The number of aryl methyl sites for hydroxylation is 2. The van der Waals surface area contributed by atoms with E-state index in [1.165, 1.54) is 6.07 Å². The van der Waals surface area contributed by atoms with E-state index >= 15 is 0 Å².